The monoisotopic (exact) mass is 334 g/mol. The largest absolute Gasteiger partial charge is 0.493 e. The molecule has 0 bridgehead atoms. The lowest BCUT2D eigenvalue weighted by molar-refractivity contribution is -0.122. The van der Waals surface area contributed by atoms with E-state index in [0.29, 0.717) is 35.5 Å². The maximum atomic E-state index is 12.4. The van der Waals surface area contributed by atoms with Gasteiger partial charge in [0.2, 0.25) is 0 Å². The summed E-state index contributed by atoms with van der Waals surface area (Å²) in [6.45, 7) is 5.21. The SMILES string of the molecule is CCCCN1C(=O)/C(=C/c2ccc(OCC)c(OC)c2)NC1=S. The summed E-state index contributed by atoms with van der Waals surface area (Å²) < 4.78 is 10.8. The van der Waals surface area contributed by atoms with Crippen LogP contribution in [0.3, 0.4) is 0 Å². The van der Waals surface area contributed by atoms with Crippen molar-refractivity contribution in [3.8, 4) is 11.5 Å². The van der Waals surface area contributed by atoms with Crippen molar-refractivity contribution in [2.45, 2.75) is 26.7 Å². The third-order valence-corrected chi connectivity index (χ3v) is 3.82. The molecule has 0 saturated carbocycles. The fraction of sp³-hybridized carbons (Fsp3) is 0.412. The molecular formula is C17H22N2O3S. The molecule has 1 aromatic rings. The average molecular weight is 334 g/mol. The van der Waals surface area contributed by atoms with Gasteiger partial charge in [0.15, 0.2) is 16.6 Å². The number of thiocarbonyl (C=S) groups is 1. The number of hydrogen-bond acceptors (Lipinski definition) is 4. The lowest BCUT2D eigenvalue weighted by Gasteiger charge is -2.12. The number of ether oxygens (including phenoxy) is 2. The maximum Gasteiger partial charge on any atom is 0.276 e. The maximum absolute atomic E-state index is 12.4. The van der Waals surface area contributed by atoms with Gasteiger partial charge >= 0.3 is 0 Å². The number of carbonyl (C=O) groups is 1. The lowest BCUT2D eigenvalue weighted by atomic mass is 10.1. The second-order valence-electron chi connectivity index (χ2n) is 5.14. The number of nitrogens with one attached hydrogen (secondary N) is 1. The van der Waals surface area contributed by atoms with Crippen molar-refractivity contribution in [1.29, 1.82) is 0 Å². The Balaban J connectivity index is 2.21. The van der Waals surface area contributed by atoms with E-state index in [0.717, 1.165) is 18.4 Å². The van der Waals surface area contributed by atoms with Gasteiger partial charge in [0, 0.05) is 6.54 Å². The van der Waals surface area contributed by atoms with Crippen molar-refractivity contribution < 1.29 is 14.3 Å². The molecule has 1 N–H and O–H groups in total. The number of amides is 1. The van der Waals surface area contributed by atoms with Gasteiger partial charge in [-0.25, -0.2) is 0 Å². The Bertz CT molecular complexity index is 628. The van der Waals surface area contributed by atoms with Crippen molar-refractivity contribution in [1.82, 2.24) is 10.2 Å². The first-order valence-electron chi connectivity index (χ1n) is 7.76. The normalized spacial score (nSPS) is 16.0. The summed E-state index contributed by atoms with van der Waals surface area (Å²) in [6.07, 6.45) is 3.72. The van der Waals surface area contributed by atoms with E-state index in [-0.39, 0.29) is 5.91 Å². The van der Waals surface area contributed by atoms with Crippen molar-refractivity contribution in [2.24, 2.45) is 0 Å². The highest BCUT2D eigenvalue weighted by atomic mass is 32.1. The second kappa shape index (κ2) is 7.97. The van der Waals surface area contributed by atoms with Crippen molar-refractivity contribution in [3.63, 3.8) is 0 Å². The van der Waals surface area contributed by atoms with Crippen LogP contribution in [-0.4, -0.2) is 36.2 Å². The van der Waals surface area contributed by atoms with Crippen molar-refractivity contribution in [2.75, 3.05) is 20.3 Å². The molecule has 2 rings (SSSR count). The number of benzene rings is 1. The Hall–Kier alpha value is -2.08. The zero-order valence-electron chi connectivity index (χ0n) is 13.7. The Morgan fingerprint density at radius 2 is 2.09 bits per heavy atom. The Labute approximate surface area is 142 Å². The van der Waals surface area contributed by atoms with Gasteiger partial charge in [-0.1, -0.05) is 19.4 Å². The fourth-order valence-corrected chi connectivity index (χ4v) is 2.59. The minimum atomic E-state index is -0.0868. The lowest BCUT2D eigenvalue weighted by Crippen LogP contribution is -2.31. The number of methoxy groups -OCH3 is 1. The molecule has 0 radical (unpaired) electrons. The third kappa shape index (κ3) is 4.01. The highest BCUT2D eigenvalue weighted by Gasteiger charge is 2.29. The van der Waals surface area contributed by atoms with Gasteiger partial charge in [-0.15, -0.1) is 0 Å². The first kappa shape index (κ1) is 17.3. The molecule has 1 saturated heterocycles. The Morgan fingerprint density at radius 3 is 2.74 bits per heavy atom. The molecule has 124 valence electrons. The van der Waals surface area contributed by atoms with E-state index >= 15 is 0 Å². The molecule has 0 atom stereocenters. The smallest absolute Gasteiger partial charge is 0.276 e. The predicted octanol–water partition coefficient (Wildman–Crippen LogP) is 2.95. The van der Waals surface area contributed by atoms with E-state index in [9.17, 15) is 4.79 Å². The summed E-state index contributed by atoms with van der Waals surface area (Å²) in [4.78, 5) is 14.0. The zero-order chi connectivity index (χ0) is 16.8. The van der Waals surface area contributed by atoms with Crippen LogP contribution in [0.25, 0.3) is 6.08 Å². The molecule has 1 aromatic carbocycles. The molecule has 1 aliphatic rings. The van der Waals surface area contributed by atoms with Crippen LogP contribution < -0.4 is 14.8 Å². The minimum Gasteiger partial charge on any atom is -0.493 e. The molecule has 6 heteroatoms. The summed E-state index contributed by atoms with van der Waals surface area (Å²) in [6, 6.07) is 5.55. The highest BCUT2D eigenvalue weighted by molar-refractivity contribution is 7.80. The number of carbonyl (C=O) groups excluding carboxylic acids is 1. The molecule has 0 spiro atoms. The molecule has 0 aromatic heterocycles. The van der Waals surface area contributed by atoms with Gasteiger partial charge in [0.1, 0.15) is 5.70 Å². The van der Waals surface area contributed by atoms with Crippen LogP contribution in [0, 0.1) is 0 Å². The van der Waals surface area contributed by atoms with Crippen LogP contribution in [0.2, 0.25) is 0 Å². The van der Waals surface area contributed by atoms with Crippen LogP contribution in [0.15, 0.2) is 23.9 Å². The van der Waals surface area contributed by atoms with E-state index < -0.39 is 0 Å². The van der Waals surface area contributed by atoms with E-state index in [1.54, 1.807) is 18.1 Å². The quantitative estimate of drug-likeness (QED) is 0.614. The standard InChI is InChI=1S/C17H22N2O3S/c1-4-6-9-19-16(20)13(18-17(19)23)10-12-7-8-14(22-5-2)15(11-12)21-3/h7-8,10-11H,4-6,9H2,1-3H3,(H,18,23)/b13-10-. The summed E-state index contributed by atoms with van der Waals surface area (Å²) in [5.41, 5.74) is 1.33. The van der Waals surface area contributed by atoms with Gasteiger partial charge in [-0.05, 0) is 49.3 Å². The van der Waals surface area contributed by atoms with Crippen LogP contribution in [0.5, 0.6) is 11.5 Å². The van der Waals surface area contributed by atoms with Crippen LogP contribution in [0.4, 0.5) is 0 Å². The van der Waals surface area contributed by atoms with E-state index in [4.69, 9.17) is 21.7 Å². The van der Waals surface area contributed by atoms with Gasteiger partial charge < -0.3 is 14.8 Å². The number of hydrogen-bond donors (Lipinski definition) is 1. The molecule has 23 heavy (non-hydrogen) atoms. The van der Waals surface area contributed by atoms with Crippen molar-refractivity contribution >= 4 is 29.3 Å². The molecule has 0 unspecified atom stereocenters. The second-order valence-corrected chi connectivity index (χ2v) is 5.53. The van der Waals surface area contributed by atoms with Crippen LogP contribution in [0.1, 0.15) is 32.3 Å². The summed E-state index contributed by atoms with van der Waals surface area (Å²) in [5, 5.41) is 3.45. The van der Waals surface area contributed by atoms with Gasteiger partial charge in [-0.2, -0.15) is 0 Å². The summed E-state index contributed by atoms with van der Waals surface area (Å²) >= 11 is 5.24. The average Bonchev–Trinajstić information content (AvgIpc) is 2.81. The molecule has 1 aliphatic heterocycles. The molecule has 1 heterocycles. The Morgan fingerprint density at radius 1 is 1.30 bits per heavy atom. The van der Waals surface area contributed by atoms with Crippen LogP contribution in [-0.2, 0) is 4.79 Å². The van der Waals surface area contributed by atoms with Gasteiger partial charge in [0.25, 0.3) is 5.91 Å². The van der Waals surface area contributed by atoms with E-state index in [1.165, 1.54) is 0 Å². The number of unbranched alkanes of at least 4 members (excludes halogenated alkanes) is 1. The molecular weight excluding hydrogens is 312 g/mol. The minimum absolute atomic E-state index is 0.0868. The predicted molar refractivity (Wildman–Crippen MR) is 94.5 cm³/mol. The molecule has 5 nitrogen and oxygen atoms in total. The molecule has 1 fully saturated rings. The number of rotatable bonds is 7. The topological polar surface area (TPSA) is 50.8 Å². The van der Waals surface area contributed by atoms with Gasteiger partial charge in [0.05, 0.1) is 13.7 Å². The molecule has 0 aliphatic carbocycles. The van der Waals surface area contributed by atoms with E-state index in [1.807, 2.05) is 25.1 Å². The first-order chi connectivity index (χ1) is 11.1. The van der Waals surface area contributed by atoms with Crippen molar-refractivity contribution in [3.05, 3.63) is 29.5 Å². The third-order valence-electron chi connectivity index (χ3n) is 3.50. The van der Waals surface area contributed by atoms with E-state index in [2.05, 4.69) is 12.2 Å². The highest BCUT2D eigenvalue weighted by Crippen LogP contribution is 2.29. The zero-order valence-corrected chi connectivity index (χ0v) is 14.5. The van der Waals surface area contributed by atoms with Crippen LogP contribution >= 0.6 is 12.2 Å². The summed E-state index contributed by atoms with van der Waals surface area (Å²) in [7, 11) is 1.59. The molecule has 1 amide bonds. The van der Waals surface area contributed by atoms with Gasteiger partial charge in [-0.3, -0.25) is 9.69 Å². The fourth-order valence-electron chi connectivity index (χ4n) is 2.31. The Kier molecular flexibility index (Phi) is 5.98. The number of nitrogens with zero attached hydrogens (tertiary/aromatic N) is 1. The summed E-state index contributed by atoms with van der Waals surface area (Å²) in [5.74, 6) is 1.23. The first-order valence-corrected chi connectivity index (χ1v) is 8.16.